The highest BCUT2D eigenvalue weighted by Gasteiger charge is 2.12. The van der Waals surface area contributed by atoms with Crippen molar-refractivity contribution in [3.05, 3.63) is 23.8 Å². The van der Waals surface area contributed by atoms with Crippen molar-refractivity contribution in [1.29, 1.82) is 0 Å². The van der Waals surface area contributed by atoms with Crippen LogP contribution in [0.15, 0.2) is 18.2 Å². The first kappa shape index (κ1) is 12.2. The Kier molecular flexibility index (Phi) is 4.26. The Morgan fingerprint density at radius 2 is 2.00 bits per heavy atom. The van der Waals surface area contributed by atoms with Crippen molar-refractivity contribution in [3.63, 3.8) is 0 Å². The van der Waals surface area contributed by atoms with Crippen molar-refractivity contribution in [2.24, 2.45) is 0 Å². The number of ether oxygens (including phenoxy) is 1. The zero-order chi connectivity index (χ0) is 12.1. The molecule has 0 atom stereocenters. The van der Waals surface area contributed by atoms with E-state index in [0.29, 0.717) is 0 Å². The van der Waals surface area contributed by atoms with E-state index in [0.717, 1.165) is 30.0 Å². The molecule has 0 radical (unpaired) electrons. The Morgan fingerprint density at radius 3 is 2.71 bits per heavy atom. The van der Waals surface area contributed by atoms with Gasteiger partial charge < -0.3 is 15.4 Å². The van der Waals surface area contributed by atoms with Gasteiger partial charge in [-0.3, -0.25) is 0 Å². The van der Waals surface area contributed by atoms with E-state index in [9.17, 15) is 0 Å². The lowest BCUT2D eigenvalue weighted by Crippen LogP contribution is -2.31. The minimum atomic E-state index is 0.848. The number of nitrogen functional groups attached to an aromatic ring is 1. The number of benzene rings is 1. The summed E-state index contributed by atoms with van der Waals surface area (Å²) >= 11 is 0. The average Bonchev–Trinajstić information content (AvgIpc) is 2.38. The van der Waals surface area contributed by atoms with Gasteiger partial charge in [-0.25, -0.2) is 0 Å². The second-order valence-electron chi connectivity index (χ2n) is 4.68. The lowest BCUT2D eigenvalue weighted by Gasteiger charge is -2.26. The van der Waals surface area contributed by atoms with Crippen molar-refractivity contribution in [3.8, 4) is 5.75 Å². The number of rotatable bonds is 4. The van der Waals surface area contributed by atoms with Crippen molar-refractivity contribution in [2.45, 2.75) is 25.7 Å². The Labute approximate surface area is 104 Å². The number of likely N-dealkylation sites (tertiary alicyclic amines) is 1. The molecule has 1 aliphatic rings. The fourth-order valence-corrected chi connectivity index (χ4v) is 2.49. The van der Waals surface area contributed by atoms with Crippen LogP contribution in [0.1, 0.15) is 24.8 Å². The monoisotopic (exact) mass is 234 g/mol. The minimum Gasteiger partial charge on any atom is -0.496 e. The number of hydrogen-bond donors (Lipinski definition) is 1. The molecule has 1 aromatic rings. The fourth-order valence-electron chi connectivity index (χ4n) is 2.49. The van der Waals surface area contributed by atoms with Gasteiger partial charge in [-0.2, -0.15) is 0 Å². The normalized spacial score (nSPS) is 17.0. The van der Waals surface area contributed by atoms with Crippen molar-refractivity contribution in [1.82, 2.24) is 4.90 Å². The summed E-state index contributed by atoms with van der Waals surface area (Å²) in [5, 5.41) is 0. The van der Waals surface area contributed by atoms with E-state index in [1.165, 1.54) is 32.4 Å². The van der Waals surface area contributed by atoms with Gasteiger partial charge in [0.1, 0.15) is 5.75 Å². The lowest BCUT2D eigenvalue weighted by molar-refractivity contribution is 0.231. The molecule has 3 heteroatoms. The summed E-state index contributed by atoms with van der Waals surface area (Å²) in [6, 6.07) is 5.88. The zero-order valence-corrected chi connectivity index (χ0v) is 10.6. The molecular formula is C14H22N2O. The van der Waals surface area contributed by atoms with Gasteiger partial charge in [-0.15, -0.1) is 0 Å². The van der Waals surface area contributed by atoms with Crippen LogP contribution in [0.3, 0.4) is 0 Å². The predicted octanol–water partition coefficient (Wildman–Crippen LogP) is 2.31. The molecule has 0 amide bonds. The standard InChI is InChI=1S/C14H22N2O/c1-17-14-7-5-6-13(15)12(14)8-11-16-9-3-2-4-10-16/h5-7H,2-4,8-11,15H2,1H3. The highest BCUT2D eigenvalue weighted by molar-refractivity contribution is 5.54. The maximum atomic E-state index is 6.01. The van der Waals surface area contributed by atoms with Crippen LogP contribution in [0.25, 0.3) is 0 Å². The van der Waals surface area contributed by atoms with Crippen LogP contribution < -0.4 is 10.5 Å². The molecule has 1 saturated heterocycles. The average molecular weight is 234 g/mol. The summed E-state index contributed by atoms with van der Waals surface area (Å²) < 4.78 is 5.37. The van der Waals surface area contributed by atoms with E-state index in [4.69, 9.17) is 10.5 Å². The smallest absolute Gasteiger partial charge is 0.124 e. The maximum absolute atomic E-state index is 6.01. The van der Waals surface area contributed by atoms with Crippen LogP contribution in [0.5, 0.6) is 5.75 Å². The molecule has 0 aliphatic carbocycles. The molecule has 1 aliphatic heterocycles. The van der Waals surface area contributed by atoms with E-state index in [1.54, 1.807) is 7.11 Å². The van der Waals surface area contributed by atoms with Crippen LogP contribution >= 0.6 is 0 Å². The number of nitrogens with two attached hydrogens (primary N) is 1. The van der Waals surface area contributed by atoms with Gasteiger partial charge in [-0.05, 0) is 44.5 Å². The number of piperidine rings is 1. The molecule has 94 valence electrons. The summed E-state index contributed by atoms with van der Waals surface area (Å²) in [6.45, 7) is 3.55. The molecule has 0 saturated carbocycles. The lowest BCUT2D eigenvalue weighted by atomic mass is 10.1. The van der Waals surface area contributed by atoms with Gasteiger partial charge in [0.15, 0.2) is 0 Å². The number of methoxy groups -OCH3 is 1. The molecule has 3 nitrogen and oxygen atoms in total. The van der Waals surface area contributed by atoms with Gasteiger partial charge >= 0.3 is 0 Å². The van der Waals surface area contributed by atoms with Crippen LogP contribution in [0.2, 0.25) is 0 Å². The third kappa shape index (κ3) is 3.13. The summed E-state index contributed by atoms with van der Waals surface area (Å²) in [5.41, 5.74) is 8.02. The first-order valence-electron chi connectivity index (χ1n) is 6.45. The molecule has 1 heterocycles. The Morgan fingerprint density at radius 1 is 1.24 bits per heavy atom. The molecular weight excluding hydrogens is 212 g/mol. The van der Waals surface area contributed by atoms with Crippen LogP contribution in [-0.4, -0.2) is 31.6 Å². The quantitative estimate of drug-likeness (QED) is 0.812. The maximum Gasteiger partial charge on any atom is 0.124 e. The third-order valence-corrected chi connectivity index (χ3v) is 3.52. The van der Waals surface area contributed by atoms with Gasteiger partial charge in [0.05, 0.1) is 7.11 Å². The highest BCUT2D eigenvalue weighted by atomic mass is 16.5. The molecule has 0 unspecified atom stereocenters. The van der Waals surface area contributed by atoms with E-state index in [1.807, 2.05) is 18.2 Å². The molecule has 0 spiro atoms. The third-order valence-electron chi connectivity index (χ3n) is 3.52. The highest BCUT2D eigenvalue weighted by Crippen LogP contribution is 2.25. The summed E-state index contributed by atoms with van der Waals surface area (Å²) in [6.07, 6.45) is 5.03. The van der Waals surface area contributed by atoms with E-state index in [2.05, 4.69) is 4.90 Å². The molecule has 1 aromatic carbocycles. The zero-order valence-electron chi connectivity index (χ0n) is 10.6. The first-order chi connectivity index (χ1) is 8.31. The van der Waals surface area contributed by atoms with E-state index < -0.39 is 0 Å². The van der Waals surface area contributed by atoms with Crippen molar-refractivity contribution >= 4 is 5.69 Å². The van der Waals surface area contributed by atoms with Gasteiger partial charge in [0, 0.05) is 17.8 Å². The van der Waals surface area contributed by atoms with Gasteiger partial charge in [-0.1, -0.05) is 12.5 Å². The van der Waals surface area contributed by atoms with Crippen molar-refractivity contribution < 1.29 is 4.74 Å². The minimum absolute atomic E-state index is 0.848. The molecule has 0 aromatic heterocycles. The summed E-state index contributed by atoms with van der Waals surface area (Å²) in [4.78, 5) is 2.52. The fraction of sp³-hybridized carbons (Fsp3) is 0.571. The number of anilines is 1. The van der Waals surface area contributed by atoms with Crippen LogP contribution in [-0.2, 0) is 6.42 Å². The van der Waals surface area contributed by atoms with Gasteiger partial charge in [0.25, 0.3) is 0 Å². The first-order valence-corrected chi connectivity index (χ1v) is 6.45. The van der Waals surface area contributed by atoms with E-state index >= 15 is 0 Å². The Bertz CT molecular complexity index is 359. The topological polar surface area (TPSA) is 38.5 Å². The molecule has 2 N–H and O–H groups in total. The number of nitrogens with zero attached hydrogens (tertiary/aromatic N) is 1. The van der Waals surface area contributed by atoms with E-state index in [-0.39, 0.29) is 0 Å². The number of hydrogen-bond acceptors (Lipinski definition) is 3. The van der Waals surface area contributed by atoms with Gasteiger partial charge in [0.2, 0.25) is 0 Å². The second kappa shape index (κ2) is 5.92. The molecule has 17 heavy (non-hydrogen) atoms. The van der Waals surface area contributed by atoms with Crippen LogP contribution in [0.4, 0.5) is 5.69 Å². The summed E-state index contributed by atoms with van der Waals surface area (Å²) in [7, 11) is 1.71. The summed E-state index contributed by atoms with van der Waals surface area (Å²) in [5.74, 6) is 0.919. The van der Waals surface area contributed by atoms with Crippen LogP contribution in [0, 0.1) is 0 Å². The molecule has 0 bridgehead atoms. The second-order valence-corrected chi connectivity index (χ2v) is 4.68. The Balaban J connectivity index is 1.97. The SMILES string of the molecule is COc1cccc(N)c1CCN1CCCCC1. The predicted molar refractivity (Wildman–Crippen MR) is 71.4 cm³/mol. The molecule has 1 fully saturated rings. The Hall–Kier alpha value is -1.22. The molecule has 2 rings (SSSR count). The largest absolute Gasteiger partial charge is 0.496 e. The van der Waals surface area contributed by atoms with Crippen molar-refractivity contribution in [2.75, 3.05) is 32.5 Å².